The zero-order chi connectivity index (χ0) is 13.6. The fourth-order valence-corrected chi connectivity index (χ4v) is 3.82. The molecule has 0 aromatic carbocycles. The van der Waals surface area contributed by atoms with Gasteiger partial charge in [-0.1, -0.05) is 0 Å². The van der Waals surface area contributed by atoms with Gasteiger partial charge in [-0.15, -0.1) is 0 Å². The molecule has 5 nitrogen and oxygen atoms in total. The normalized spacial score (nSPS) is 38.8. The van der Waals surface area contributed by atoms with Gasteiger partial charge in [-0.3, -0.25) is 9.69 Å². The standard InChI is InChI=1S/C14H19NO4/c1-9-8-14(19-13(9)18)6-2-3-7-15-10(12(16)17)4-5-11(14)15/h8,10-11H,2-7H2,1H3,(H,16,17)/t10-,11-,14-/m0/s1. The second-order valence-electron chi connectivity index (χ2n) is 5.81. The van der Waals surface area contributed by atoms with Gasteiger partial charge in [0.25, 0.3) is 0 Å². The van der Waals surface area contributed by atoms with Gasteiger partial charge < -0.3 is 9.84 Å². The Morgan fingerprint density at radius 3 is 2.89 bits per heavy atom. The van der Waals surface area contributed by atoms with Crippen LogP contribution in [0.4, 0.5) is 0 Å². The summed E-state index contributed by atoms with van der Waals surface area (Å²) in [7, 11) is 0. The second-order valence-corrected chi connectivity index (χ2v) is 5.81. The number of hydrogen-bond donors (Lipinski definition) is 1. The highest BCUT2D eigenvalue weighted by Crippen LogP contribution is 2.43. The number of carbonyl (C=O) groups is 2. The second kappa shape index (κ2) is 4.34. The van der Waals surface area contributed by atoms with Crippen LogP contribution in [0, 0.1) is 0 Å². The van der Waals surface area contributed by atoms with Gasteiger partial charge in [-0.05, 0) is 51.6 Å². The van der Waals surface area contributed by atoms with Crippen LogP contribution in [0.3, 0.4) is 0 Å². The number of aliphatic carboxylic acids is 1. The van der Waals surface area contributed by atoms with Crippen LogP contribution in [0.15, 0.2) is 11.6 Å². The zero-order valence-corrected chi connectivity index (χ0v) is 11.1. The predicted octanol–water partition coefficient (Wildman–Crippen LogP) is 1.33. The summed E-state index contributed by atoms with van der Waals surface area (Å²) in [5, 5.41) is 9.31. The van der Waals surface area contributed by atoms with Crippen molar-refractivity contribution in [2.75, 3.05) is 6.54 Å². The van der Waals surface area contributed by atoms with Crippen molar-refractivity contribution < 1.29 is 19.4 Å². The number of fused-ring (bicyclic) bond motifs is 2. The van der Waals surface area contributed by atoms with Gasteiger partial charge in [0.2, 0.25) is 0 Å². The third-order valence-corrected chi connectivity index (χ3v) is 4.66. The molecule has 0 aliphatic carbocycles. The highest BCUT2D eigenvalue weighted by molar-refractivity contribution is 5.91. The molecule has 3 atom stereocenters. The summed E-state index contributed by atoms with van der Waals surface area (Å²) in [5.41, 5.74) is 0.0719. The first-order valence-corrected chi connectivity index (χ1v) is 6.95. The van der Waals surface area contributed by atoms with Crippen LogP contribution in [0.2, 0.25) is 0 Å². The van der Waals surface area contributed by atoms with Gasteiger partial charge >= 0.3 is 11.9 Å². The molecule has 2 fully saturated rings. The van der Waals surface area contributed by atoms with E-state index in [9.17, 15) is 14.7 Å². The number of hydrogen-bond acceptors (Lipinski definition) is 4. The molecule has 0 aromatic rings. The maximum absolute atomic E-state index is 11.7. The lowest BCUT2D eigenvalue weighted by atomic mass is 9.88. The Morgan fingerprint density at radius 2 is 2.26 bits per heavy atom. The summed E-state index contributed by atoms with van der Waals surface area (Å²) in [6.07, 6.45) is 6.11. The third-order valence-electron chi connectivity index (χ3n) is 4.66. The molecule has 0 aromatic heterocycles. The topological polar surface area (TPSA) is 66.8 Å². The van der Waals surface area contributed by atoms with Gasteiger partial charge in [-0.25, -0.2) is 4.79 Å². The summed E-state index contributed by atoms with van der Waals surface area (Å²) in [5.74, 6) is -1.01. The molecule has 1 N–H and O–H groups in total. The van der Waals surface area contributed by atoms with Crippen molar-refractivity contribution in [1.29, 1.82) is 0 Å². The molecule has 5 heteroatoms. The maximum atomic E-state index is 11.7. The van der Waals surface area contributed by atoms with E-state index in [0.29, 0.717) is 12.0 Å². The Kier molecular flexibility index (Phi) is 2.89. The van der Waals surface area contributed by atoms with Crippen molar-refractivity contribution in [2.45, 2.75) is 56.7 Å². The summed E-state index contributed by atoms with van der Waals surface area (Å²) in [6, 6.07) is -0.398. The Balaban J connectivity index is 1.94. The van der Waals surface area contributed by atoms with Gasteiger partial charge in [0.05, 0.1) is 6.04 Å². The Labute approximate surface area is 112 Å². The van der Waals surface area contributed by atoms with E-state index >= 15 is 0 Å². The van der Waals surface area contributed by atoms with Crippen LogP contribution < -0.4 is 0 Å². The van der Waals surface area contributed by atoms with Crippen molar-refractivity contribution in [2.24, 2.45) is 0 Å². The molecule has 2 saturated heterocycles. The summed E-state index contributed by atoms with van der Waals surface area (Å²) in [4.78, 5) is 25.1. The van der Waals surface area contributed by atoms with E-state index in [1.807, 2.05) is 11.0 Å². The molecule has 19 heavy (non-hydrogen) atoms. The van der Waals surface area contributed by atoms with E-state index in [1.165, 1.54) is 0 Å². The van der Waals surface area contributed by atoms with Crippen LogP contribution in [-0.4, -0.2) is 46.2 Å². The quantitative estimate of drug-likeness (QED) is 0.724. The van der Waals surface area contributed by atoms with Crippen molar-refractivity contribution in [3.05, 3.63) is 11.6 Å². The lowest BCUT2D eigenvalue weighted by Gasteiger charge is -2.36. The maximum Gasteiger partial charge on any atom is 0.334 e. The molecule has 0 amide bonds. The SMILES string of the molecule is CC1=C[C@]2(CCCCN3[C@H]2CC[C@H]3C(=O)O)OC1=O. The molecule has 3 rings (SSSR count). The fraction of sp³-hybridized carbons (Fsp3) is 0.714. The molecule has 0 unspecified atom stereocenters. The minimum Gasteiger partial charge on any atom is -0.480 e. The third kappa shape index (κ3) is 1.87. The zero-order valence-electron chi connectivity index (χ0n) is 11.1. The Hall–Kier alpha value is -1.36. The first-order valence-electron chi connectivity index (χ1n) is 6.95. The molecule has 104 valence electrons. The molecule has 0 bridgehead atoms. The summed E-state index contributed by atoms with van der Waals surface area (Å²) < 4.78 is 5.66. The molecule has 1 spiro atoms. The number of carboxylic acids is 1. The van der Waals surface area contributed by atoms with Crippen LogP contribution in [0.1, 0.15) is 39.0 Å². The predicted molar refractivity (Wildman–Crippen MR) is 67.6 cm³/mol. The minimum atomic E-state index is -0.760. The van der Waals surface area contributed by atoms with E-state index in [-0.39, 0.29) is 12.0 Å². The smallest absolute Gasteiger partial charge is 0.334 e. The van der Waals surface area contributed by atoms with Crippen LogP contribution >= 0.6 is 0 Å². The average molecular weight is 265 g/mol. The van der Waals surface area contributed by atoms with Crippen molar-refractivity contribution in [1.82, 2.24) is 4.90 Å². The largest absolute Gasteiger partial charge is 0.480 e. The van der Waals surface area contributed by atoms with E-state index in [1.54, 1.807) is 6.92 Å². The molecule has 3 aliphatic heterocycles. The molecule has 3 heterocycles. The molecular formula is C14H19NO4. The number of esters is 1. The monoisotopic (exact) mass is 265 g/mol. The molecule has 3 aliphatic rings. The van der Waals surface area contributed by atoms with Crippen molar-refractivity contribution in [3.8, 4) is 0 Å². The van der Waals surface area contributed by atoms with E-state index in [0.717, 1.165) is 32.2 Å². The summed E-state index contributed by atoms with van der Waals surface area (Å²) in [6.45, 7) is 2.56. The molecule has 0 radical (unpaired) electrons. The molecule has 0 saturated carbocycles. The summed E-state index contributed by atoms with van der Waals surface area (Å²) >= 11 is 0. The molecular weight excluding hydrogens is 246 g/mol. The Morgan fingerprint density at radius 1 is 1.47 bits per heavy atom. The number of carbonyl (C=O) groups excluding carboxylic acids is 1. The highest BCUT2D eigenvalue weighted by Gasteiger charge is 2.53. The van der Waals surface area contributed by atoms with Crippen LogP contribution in [0.25, 0.3) is 0 Å². The fourth-order valence-electron chi connectivity index (χ4n) is 3.82. The van der Waals surface area contributed by atoms with Gasteiger partial charge in [0, 0.05) is 5.57 Å². The van der Waals surface area contributed by atoms with Crippen molar-refractivity contribution in [3.63, 3.8) is 0 Å². The first kappa shape index (κ1) is 12.7. The lowest BCUT2D eigenvalue weighted by molar-refractivity contribution is -0.152. The van der Waals surface area contributed by atoms with Gasteiger partial charge in [-0.2, -0.15) is 0 Å². The van der Waals surface area contributed by atoms with E-state index in [2.05, 4.69) is 0 Å². The van der Waals surface area contributed by atoms with Crippen LogP contribution in [-0.2, 0) is 14.3 Å². The van der Waals surface area contributed by atoms with E-state index in [4.69, 9.17) is 4.74 Å². The minimum absolute atomic E-state index is 0.0255. The van der Waals surface area contributed by atoms with Crippen LogP contribution in [0.5, 0.6) is 0 Å². The van der Waals surface area contributed by atoms with Gasteiger partial charge in [0.1, 0.15) is 11.6 Å². The Bertz CT molecular complexity index is 458. The number of nitrogens with zero attached hydrogens (tertiary/aromatic N) is 1. The number of carboxylic acid groups (broad SMARTS) is 1. The number of ether oxygens (including phenoxy) is 1. The number of rotatable bonds is 1. The van der Waals surface area contributed by atoms with Gasteiger partial charge in [0.15, 0.2) is 0 Å². The first-order chi connectivity index (χ1) is 9.03. The highest BCUT2D eigenvalue weighted by atomic mass is 16.6. The average Bonchev–Trinajstić information content (AvgIpc) is 2.84. The lowest BCUT2D eigenvalue weighted by Crippen LogP contribution is -2.51. The van der Waals surface area contributed by atoms with Crippen molar-refractivity contribution >= 4 is 11.9 Å². The van der Waals surface area contributed by atoms with E-state index < -0.39 is 17.6 Å².